The summed E-state index contributed by atoms with van der Waals surface area (Å²) < 4.78 is 18.4. The number of rotatable bonds is 4. The molecule has 1 aliphatic carbocycles. The molecular formula is C23H29NO5S. The van der Waals surface area contributed by atoms with Crippen LogP contribution in [-0.4, -0.2) is 53.7 Å². The van der Waals surface area contributed by atoms with E-state index in [2.05, 4.69) is 31.1 Å². The molecule has 0 unspecified atom stereocenters. The van der Waals surface area contributed by atoms with Gasteiger partial charge in [-0.3, -0.25) is 4.79 Å². The van der Waals surface area contributed by atoms with Crippen molar-refractivity contribution in [2.24, 2.45) is 22.4 Å². The molecular weight excluding hydrogens is 402 g/mol. The number of benzene rings is 1. The lowest BCUT2D eigenvalue weighted by atomic mass is 9.73. The molecule has 0 amide bonds. The Kier molecular flexibility index (Phi) is 5.21. The predicted octanol–water partition coefficient (Wildman–Crippen LogP) is 3.44. The highest BCUT2D eigenvalue weighted by Crippen LogP contribution is 2.49. The van der Waals surface area contributed by atoms with Crippen LogP contribution in [0.25, 0.3) is 0 Å². The first kappa shape index (κ1) is 20.5. The van der Waals surface area contributed by atoms with E-state index in [1.54, 1.807) is 0 Å². The predicted molar refractivity (Wildman–Crippen MR) is 114 cm³/mol. The van der Waals surface area contributed by atoms with Gasteiger partial charge in [-0.05, 0) is 12.5 Å². The molecule has 30 heavy (non-hydrogen) atoms. The van der Waals surface area contributed by atoms with E-state index in [4.69, 9.17) is 19.0 Å². The van der Waals surface area contributed by atoms with Gasteiger partial charge in [0.05, 0.1) is 31.2 Å². The Morgan fingerprint density at radius 1 is 1.17 bits per heavy atom. The maximum atomic E-state index is 13.2. The summed E-state index contributed by atoms with van der Waals surface area (Å²) in [5, 5.41) is 4.54. The minimum Gasteiger partial charge on any atom is -0.390 e. The summed E-state index contributed by atoms with van der Waals surface area (Å²) in [6.45, 7) is 7.75. The highest BCUT2D eigenvalue weighted by Gasteiger charge is 2.60. The average Bonchev–Trinajstić information content (AvgIpc) is 3.35. The second kappa shape index (κ2) is 7.62. The fourth-order valence-corrected chi connectivity index (χ4v) is 6.47. The third kappa shape index (κ3) is 3.60. The summed E-state index contributed by atoms with van der Waals surface area (Å²) >= 11 is 1.84. The second-order valence-corrected chi connectivity index (χ2v) is 10.9. The third-order valence-electron chi connectivity index (χ3n) is 6.60. The van der Waals surface area contributed by atoms with Gasteiger partial charge in [-0.2, -0.15) is 11.8 Å². The normalized spacial score (nSPS) is 36.6. The number of oxime groups is 1. The molecule has 7 heteroatoms. The monoisotopic (exact) mass is 431 g/mol. The molecule has 3 heterocycles. The Labute approximate surface area is 181 Å². The lowest BCUT2D eigenvalue weighted by Gasteiger charge is -2.43. The quantitative estimate of drug-likeness (QED) is 0.728. The van der Waals surface area contributed by atoms with Crippen LogP contribution >= 0.6 is 11.8 Å². The van der Waals surface area contributed by atoms with Gasteiger partial charge in [0.25, 0.3) is 0 Å². The van der Waals surface area contributed by atoms with Crippen molar-refractivity contribution >= 4 is 23.3 Å². The van der Waals surface area contributed by atoms with E-state index in [0.29, 0.717) is 32.0 Å². The zero-order valence-corrected chi connectivity index (χ0v) is 18.5. The topological polar surface area (TPSA) is 66.4 Å². The van der Waals surface area contributed by atoms with Crippen molar-refractivity contribution in [2.75, 3.05) is 19.0 Å². The van der Waals surface area contributed by atoms with Gasteiger partial charge in [0.15, 0.2) is 6.10 Å². The average molecular weight is 432 g/mol. The van der Waals surface area contributed by atoms with E-state index in [1.807, 2.05) is 36.9 Å². The molecule has 5 rings (SSSR count). The van der Waals surface area contributed by atoms with Crippen molar-refractivity contribution in [3.05, 3.63) is 35.9 Å². The summed E-state index contributed by atoms with van der Waals surface area (Å²) in [5.41, 5.74) is 1.70. The number of hydrogen-bond acceptors (Lipinski definition) is 7. The van der Waals surface area contributed by atoms with E-state index in [0.717, 1.165) is 11.3 Å². The van der Waals surface area contributed by atoms with E-state index < -0.39 is 11.7 Å². The third-order valence-corrected chi connectivity index (χ3v) is 8.13. The molecule has 1 aromatic rings. The van der Waals surface area contributed by atoms with E-state index in [-0.39, 0.29) is 34.6 Å². The largest absolute Gasteiger partial charge is 0.390 e. The van der Waals surface area contributed by atoms with Crippen LogP contribution in [-0.2, 0) is 30.4 Å². The van der Waals surface area contributed by atoms with Crippen LogP contribution < -0.4 is 0 Å². The number of Topliss-reactive ketones (excluding diaryl/α,β-unsaturated/α-hetero) is 1. The number of carbonyl (C=O) groups excluding carboxylic acids is 1. The maximum Gasteiger partial charge on any atom is 0.209 e. The SMILES string of the molecule is CC1(C)COC(C)(C2=NO[C@H]3[C@@H]2C(=O)C[C@H]2[C@@H]3SC[C@@H]2OCc2ccccc2)OC1. The summed E-state index contributed by atoms with van der Waals surface area (Å²) in [6, 6.07) is 10.2. The molecule has 0 N–H and O–H groups in total. The second-order valence-electron chi connectivity index (χ2n) is 9.68. The molecule has 2 saturated heterocycles. The molecule has 3 fully saturated rings. The molecule has 1 aromatic carbocycles. The Bertz CT molecular complexity index is 831. The van der Waals surface area contributed by atoms with E-state index in [1.165, 1.54) is 0 Å². The Balaban J connectivity index is 1.27. The first-order chi connectivity index (χ1) is 14.4. The van der Waals surface area contributed by atoms with Crippen molar-refractivity contribution in [1.82, 2.24) is 0 Å². The Morgan fingerprint density at radius 2 is 1.90 bits per heavy atom. The summed E-state index contributed by atoms with van der Waals surface area (Å²) in [6.07, 6.45) is 0.277. The van der Waals surface area contributed by atoms with Crippen LogP contribution in [0.15, 0.2) is 35.5 Å². The number of hydrogen-bond donors (Lipinski definition) is 0. The van der Waals surface area contributed by atoms with Crippen LogP contribution in [0, 0.1) is 17.3 Å². The van der Waals surface area contributed by atoms with Crippen molar-refractivity contribution in [3.63, 3.8) is 0 Å². The van der Waals surface area contributed by atoms with Gasteiger partial charge in [0.1, 0.15) is 17.4 Å². The molecule has 5 atom stereocenters. The first-order valence-corrected chi connectivity index (χ1v) is 11.7. The molecule has 3 aliphatic heterocycles. The smallest absolute Gasteiger partial charge is 0.209 e. The number of carbonyl (C=O) groups is 1. The minimum absolute atomic E-state index is 0.0504. The lowest BCUT2D eigenvalue weighted by molar-refractivity contribution is -0.251. The fourth-order valence-electron chi connectivity index (χ4n) is 4.80. The van der Waals surface area contributed by atoms with E-state index in [9.17, 15) is 4.79 Å². The van der Waals surface area contributed by atoms with Gasteiger partial charge >= 0.3 is 0 Å². The molecule has 0 radical (unpaired) electrons. The Morgan fingerprint density at radius 3 is 2.63 bits per heavy atom. The van der Waals surface area contributed by atoms with Gasteiger partial charge in [0.2, 0.25) is 5.79 Å². The maximum absolute atomic E-state index is 13.2. The zero-order chi connectivity index (χ0) is 20.9. The van der Waals surface area contributed by atoms with Gasteiger partial charge in [0, 0.05) is 23.5 Å². The van der Waals surface area contributed by atoms with Gasteiger partial charge in [-0.15, -0.1) is 0 Å². The standard InChI is InChI=1S/C23H29NO5S/c1-22(2)12-27-23(3,28-13-22)21-18-16(25)9-15-17(11-30-20(15)19(18)29-24-21)26-10-14-7-5-4-6-8-14/h4-8,15,17-20H,9-13H2,1-3H3/t15-,17+,18+,19+,20+/m1/s1. The number of nitrogens with zero attached hydrogens (tertiary/aromatic N) is 1. The molecule has 6 nitrogen and oxygen atoms in total. The fraction of sp³-hybridized carbons (Fsp3) is 0.652. The van der Waals surface area contributed by atoms with Crippen molar-refractivity contribution in [3.8, 4) is 0 Å². The van der Waals surface area contributed by atoms with Crippen molar-refractivity contribution in [2.45, 2.75) is 57.0 Å². The van der Waals surface area contributed by atoms with Crippen LogP contribution in [0.3, 0.4) is 0 Å². The Hall–Kier alpha value is -1.41. The zero-order valence-electron chi connectivity index (χ0n) is 17.7. The van der Waals surface area contributed by atoms with Crippen LogP contribution in [0.2, 0.25) is 0 Å². The summed E-state index contributed by atoms with van der Waals surface area (Å²) in [5.74, 6) is -0.203. The molecule has 162 valence electrons. The molecule has 1 saturated carbocycles. The van der Waals surface area contributed by atoms with Gasteiger partial charge in [-0.1, -0.05) is 49.3 Å². The van der Waals surface area contributed by atoms with Crippen molar-refractivity contribution in [1.29, 1.82) is 0 Å². The minimum atomic E-state index is -0.996. The number of fused-ring (bicyclic) bond motifs is 3. The van der Waals surface area contributed by atoms with Crippen LogP contribution in [0.1, 0.15) is 32.8 Å². The molecule has 0 aromatic heterocycles. The number of ketones is 1. The molecule has 4 aliphatic rings. The highest BCUT2D eigenvalue weighted by molar-refractivity contribution is 8.00. The summed E-state index contributed by atoms with van der Waals surface area (Å²) in [7, 11) is 0. The van der Waals surface area contributed by atoms with Crippen LogP contribution in [0.4, 0.5) is 0 Å². The number of ether oxygens (including phenoxy) is 3. The van der Waals surface area contributed by atoms with Crippen molar-refractivity contribution < 1.29 is 23.8 Å². The van der Waals surface area contributed by atoms with Gasteiger partial charge in [-0.25, -0.2) is 0 Å². The molecule has 0 spiro atoms. The molecule has 0 bridgehead atoms. The van der Waals surface area contributed by atoms with Gasteiger partial charge < -0.3 is 19.0 Å². The number of thioether (sulfide) groups is 1. The van der Waals surface area contributed by atoms with Crippen LogP contribution in [0.5, 0.6) is 0 Å². The first-order valence-electron chi connectivity index (χ1n) is 10.7. The summed E-state index contributed by atoms with van der Waals surface area (Å²) in [4.78, 5) is 19.1. The highest BCUT2D eigenvalue weighted by atomic mass is 32.2. The van der Waals surface area contributed by atoms with E-state index >= 15 is 0 Å². The lowest BCUT2D eigenvalue weighted by Crippen LogP contribution is -2.57.